The van der Waals surface area contributed by atoms with E-state index in [9.17, 15) is 27.3 Å². The van der Waals surface area contributed by atoms with E-state index in [1.165, 1.54) is 7.11 Å². The topological polar surface area (TPSA) is 92.6 Å². The van der Waals surface area contributed by atoms with Gasteiger partial charge >= 0.3 is 12.1 Å². The molecule has 1 heterocycles. The molecule has 1 aliphatic rings. The fourth-order valence-electron chi connectivity index (χ4n) is 4.90. The summed E-state index contributed by atoms with van der Waals surface area (Å²) in [5.74, 6) is 5.00. The molecule has 4 rings (SSSR count). The highest BCUT2D eigenvalue weighted by Crippen LogP contribution is 2.33. The van der Waals surface area contributed by atoms with Crippen LogP contribution in [0.1, 0.15) is 31.4 Å². The SMILES string of the molecule is COc1cc(S(C)=O)ccc1NCC#Cc1cc2c(NC3CCCC(C(=O)O)C3)cccc2n1CC(F)(F)F. The number of benzene rings is 2. The van der Waals surface area contributed by atoms with Gasteiger partial charge in [0, 0.05) is 39.1 Å². The van der Waals surface area contributed by atoms with Gasteiger partial charge in [-0.15, -0.1) is 0 Å². The second kappa shape index (κ2) is 12.0. The Morgan fingerprint density at radius 3 is 2.69 bits per heavy atom. The first-order valence-electron chi connectivity index (χ1n) is 12.5. The molecule has 0 saturated heterocycles. The largest absolute Gasteiger partial charge is 0.495 e. The minimum Gasteiger partial charge on any atom is -0.495 e. The summed E-state index contributed by atoms with van der Waals surface area (Å²) in [6.07, 6.45) is -0.228. The van der Waals surface area contributed by atoms with Gasteiger partial charge in [-0.2, -0.15) is 13.2 Å². The number of anilines is 2. The summed E-state index contributed by atoms with van der Waals surface area (Å²) < 4.78 is 58.8. The quantitative estimate of drug-likeness (QED) is 0.316. The van der Waals surface area contributed by atoms with Crippen molar-refractivity contribution in [3.63, 3.8) is 0 Å². The minimum absolute atomic E-state index is 0.0818. The highest BCUT2D eigenvalue weighted by Gasteiger charge is 2.31. The smallest absolute Gasteiger partial charge is 0.406 e. The first-order valence-corrected chi connectivity index (χ1v) is 14.0. The molecule has 7 nitrogen and oxygen atoms in total. The average molecular weight is 562 g/mol. The van der Waals surface area contributed by atoms with Gasteiger partial charge in [0.1, 0.15) is 12.3 Å². The van der Waals surface area contributed by atoms with E-state index in [0.717, 1.165) is 17.4 Å². The zero-order valence-corrected chi connectivity index (χ0v) is 22.4. The zero-order valence-electron chi connectivity index (χ0n) is 21.6. The fourth-order valence-corrected chi connectivity index (χ4v) is 5.43. The van der Waals surface area contributed by atoms with Gasteiger partial charge in [-0.05, 0) is 61.6 Å². The predicted molar refractivity (Wildman–Crippen MR) is 146 cm³/mol. The molecule has 1 saturated carbocycles. The Kier molecular flexibility index (Phi) is 8.75. The van der Waals surface area contributed by atoms with Crippen LogP contribution in [0.2, 0.25) is 0 Å². The van der Waals surface area contributed by atoms with Crippen LogP contribution in [0, 0.1) is 17.8 Å². The van der Waals surface area contributed by atoms with Crippen LogP contribution in [-0.4, -0.2) is 52.0 Å². The van der Waals surface area contributed by atoms with Crippen LogP contribution in [0.4, 0.5) is 24.5 Å². The molecular formula is C28H30F3N3O4S. The number of carboxylic acids is 1. The molecule has 1 aromatic heterocycles. The number of aliphatic carboxylic acids is 1. The molecule has 11 heteroatoms. The van der Waals surface area contributed by atoms with Gasteiger partial charge in [0.2, 0.25) is 0 Å². The van der Waals surface area contributed by atoms with E-state index in [1.54, 1.807) is 48.7 Å². The standard InChI is InChI=1S/C28H30F3N3O4S/c1-38-26-16-21(39(2)37)11-12-24(26)32-13-5-8-20-15-22-23(33-19-7-3-6-18(14-19)27(35)36)9-4-10-25(22)34(20)17-28(29,30)31/h4,9-12,15-16,18-19,32-33H,3,6-7,13-14,17H2,1-2H3,(H,35,36). The normalized spacial score (nSPS) is 18.2. The Balaban J connectivity index is 1.59. The summed E-state index contributed by atoms with van der Waals surface area (Å²) in [4.78, 5) is 12.1. The lowest BCUT2D eigenvalue weighted by atomic mass is 9.85. The molecule has 0 aliphatic heterocycles. The van der Waals surface area contributed by atoms with Crippen LogP contribution in [0.3, 0.4) is 0 Å². The average Bonchev–Trinajstić information content (AvgIpc) is 3.23. The van der Waals surface area contributed by atoms with E-state index < -0.39 is 35.4 Å². The number of carboxylic acid groups (broad SMARTS) is 1. The van der Waals surface area contributed by atoms with Crippen molar-refractivity contribution < 1.29 is 32.0 Å². The Morgan fingerprint density at radius 1 is 1.21 bits per heavy atom. The lowest BCUT2D eigenvalue weighted by molar-refractivity contribution is -0.143. The third-order valence-electron chi connectivity index (χ3n) is 6.75. The van der Waals surface area contributed by atoms with Gasteiger partial charge in [-0.1, -0.05) is 18.4 Å². The summed E-state index contributed by atoms with van der Waals surface area (Å²) in [5, 5.41) is 16.5. The predicted octanol–water partition coefficient (Wildman–Crippen LogP) is 5.47. The van der Waals surface area contributed by atoms with Gasteiger partial charge in [0.25, 0.3) is 0 Å². The van der Waals surface area contributed by atoms with E-state index in [1.807, 2.05) is 0 Å². The van der Waals surface area contributed by atoms with E-state index in [4.69, 9.17) is 4.74 Å². The number of carbonyl (C=O) groups is 1. The molecule has 3 unspecified atom stereocenters. The molecule has 0 amide bonds. The molecule has 3 aromatic rings. The van der Waals surface area contributed by atoms with Gasteiger partial charge in [0.15, 0.2) is 0 Å². The van der Waals surface area contributed by atoms with Crippen molar-refractivity contribution in [2.24, 2.45) is 5.92 Å². The lowest BCUT2D eigenvalue weighted by Crippen LogP contribution is -2.30. The van der Waals surface area contributed by atoms with Crippen LogP contribution in [0.25, 0.3) is 10.9 Å². The molecule has 1 aliphatic carbocycles. The second-order valence-corrected chi connectivity index (χ2v) is 10.9. The molecule has 208 valence electrons. The third kappa shape index (κ3) is 7.06. The molecule has 3 N–H and O–H groups in total. The number of halogens is 3. The number of hydrogen-bond donors (Lipinski definition) is 3. The summed E-state index contributed by atoms with van der Waals surface area (Å²) in [5.41, 5.74) is 1.89. The minimum atomic E-state index is -4.45. The van der Waals surface area contributed by atoms with Gasteiger partial charge in [-0.25, -0.2) is 0 Å². The van der Waals surface area contributed by atoms with Crippen LogP contribution in [0.15, 0.2) is 47.4 Å². The van der Waals surface area contributed by atoms with Crippen LogP contribution in [0.5, 0.6) is 5.75 Å². The number of alkyl halides is 3. The van der Waals surface area contributed by atoms with Crippen molar-refractivity contribution in [2.75, 3.05) is 30.5 Å². The van der Waals surface area contributed by atoms with Crippen molar-refractivity contribution in [1.29, 1.82) is 0 Å². The van der Waals surface area contributed by atoms with Crippen molar-refractivity contribution in [3.05, 3.63) is 48.2 Å². The first-order chi connectivity index (χ1) is 18.6. The van der Waals surface area contributed by atoms with Gasteiger partial charge in [0.05, 0.1) is 36.5 Å². The van der Waals surface area contributed by atoms with Gasteiger partial charge < -0.3 is 25.0 Å². The molecule has 1 fully saturated rings. The number of nitrogens with one attached hydrogen (secondary N) is 2. The maximum atomic E-state index is 13.5. The Labute approximate surface area is 227 Å². The summed E-state index contributed by atoms with van der Waals surface area (Å²) in [6.45, 7) is -1.05. The number of ether oxygens (including phenoxy) is 1. The van der Waals surface area contributed by atoms with Crippen molar-refractivity contribution in [2.45, 2.75) is 49.3 Å². The molecule has 0 bridgehead atoms. The Hall–Kier alpha value is -3.65. The Bertz CT molecular complexity index is 1440. The van der Waals surface area contributed by atoms with E-state index in [0.29, 0.717) is 45.8 Å². The van der Waals surface area contributed by atoms with Crippen molar-refractivity contribution >= 4 is 39.0 Å². The second-order valence-electron chi connectivity index (χ2n) is 9.48. The molecule has 0 spiro atoms. The number of nitrogens with zero attached hydrogens (tertiary/aromatic N) is 1. The number of hydrogen-bond acceptors (Lipinski definition) is 5. The number of rotatable bonds is 8. The van der Waals surface area contributed by atoms with Gasteiger partial charge in [-0.3, -0.25) is 9.00 Å². The van der Waals surface area contributed by atoms with Crippen molar-refractivity contribution in [3.8, 4) is 17.6 Å². The number of fused-ring (bicyclic) bond motifs is 1. The highest BCUT2D eigenvalue weighted by atomic mass is 32.2. The molecular weight excluding hydrogens is 531 g/mol. The maximum absolute atomic E-state index is 13.5. The lowest BCUT2D eigenvalue weighted by Gasteiger charge is -2.28. The van der Waals surface area contributed by atoms with Crippen molar-refractivity contribution in [1.82, 2.24) is 4.57 Å². The molecule has 3 atom stereocenters. The maximum Gasteiger partial charge on any atom is 0.406 e. The third-order valence-corrected chi connectivity index (χ3v) is 7.67. The van der Waals surface area contributed by atoms with Crippen LogP contribution in [-0.2, 0) is 22.1 Å². The van der Waals surface area contributed by atoms with Crippen LogP contribution >= 0.6 is 0 Å². The first kappa shape index (κ1) is 28.4. The molecule has 2 aromatic carbocycles. The molecule has 39 heavy (non-hydrogen) atoms. The monoisotopic (exact) mass is 561 g/mol. The summed E-state index contributed by atoms with van der Waals surface area (Å²) in [6, 6.07) is 11.7. The number of aromatic nitrogens is 1. The number of methoxy groups -OCH3 is 1. The van der Waals surface area contributed by atoms with E-state index in [2.05, 4.69) is 22.5 Å². The van der Waals surface area contributed by atoms with E-state index in [-0.39, 0.29) is 18.3 Å². The summed E-state index contributed by atoms with van der Waals surface area (Å²) >= 11 is 0. The Morgan fingerprint density at radius 2 is 2.00 bits per heavy atom. The zero-order chi connectivity index (χ0) is 28.2. The van der Waals surface area contributed by atoms with Crippen LogP contribution < -0.4 is 15.4 Å². The molecule has 0 radical (unpaired) electrons. The summed E-state index contributed by atoms with van der Waals surface area (Å²) in [7, 11) is 0.320. The van der Waals surface area contributed by atoms with E-state index >= 15 is 0 Å². The highest BCUT2D eigenvalue weighted by molar-refractivity contribution is 7.84. The fraction of sp³-hybridized carbons (Fsp3) is 0.393.